The second-order valence-corrected chi connectivity index (χ2v) is 9.13. The first-order valence-corrected chi connectivity index (χ1v) is 10.1. The summed E-state index contributed by atoms with van der Waals surface area (Å²) in [4.78, 5) is 14.4. The van der Waals surface area contributed by atoms with Gasteiger partial charge in [0.1, 0.15) is 9.84 Å². The lowest BCUT2D eigenvalue weighted by atomic mass is 9.81. The lowest BCUT2D eigenvalue weighted by molar-refractivity contribution is -0.180. The first-order valence-electron chi connectivity index (χ1n) is 8.23. The smallest absolute Gasteiger partial charge is 0.225 e. The summed E-state index contributed by atoms with van der Waals surface area (Å²) < 4.78 is 28.8. The predicted octanol–water partition coefficient (Wildman–Crippen LogP) is 0.344. The molecule has 0 aromatic carbocycles. The van der Waals surface area contributed by atoms with E-state index in [1.165, 1.54) is 0 Å². The van der Waals surface area contributed by atoms with Crippen LogP contribution in [-0.4, -0.2) is 67.2 Å². The fraction of sp³-hybridized carbons (Fsp3) is 0.933. The number of likely N-dealkylation sites (tertiary alicyclic amines) is 1. The molecular formula is C15H25NO5S. The number of aliphatic hydroxyl groups is 1. The minimum atomic E-state index is -2.93. The molecule has 3 aliphatic rings. The van der Waals surface area contributed by atoms with Gasteiger partial charge in [0.15, 0.2) is 0 Å². The summed E-state index contributed by atoms with van der Waals surface area (Å²) in [6.07, 6.45) is 3.47. The Morgan fingerprint density at radius 3 is 2.36 bits per heavy atom. The van der Waals surface area contributed by atoms with Crippen LogP contribution in [0.3, 0.4) is 0 Å². The molecule has 0 saturated carbocycles. The zero-order valence-corrected chi connectivity index (χ0v) is 13.7. The van der Waals surface area contributed by atoms with Crippen molar-refractivity contribution in [3.8, 4) is 0 Å². The molecule has 3 fully saturated rings. The highest BCUT2D eigenvalue weighted by Gasteiger charge is 2.45. The summed E-state index contributed by atoms with van der Waals surface area (Å²) in [5.74, 6) is 0.177. The van der Waals surface area contributed by atoms with E-state index < -0.39 is 21.5 Å². The fourth-order valence-electron chi connectivity index (χ4n) is 3.89. The quantitative estimate of drug-likeness (QED) is 0.749. The van der Waals surface area contributed by atoms with Gasteiger partial charge in [-0.15, -0.1) is 0 Å². The van der Waals surface area contributed by atoms with E-state index in [9.17, 15) is 18.3 Å². The Hall–Kier alpha value is -0.660. The highest BCUT2D eigenvalue weighted by Crippen LogP contribution is 2.36. The third-order valence-corrected chi connectivity index (χ3v) is 7.16. The number of ether oxygens (including phenoxy) is 1. The van der Waals surface area contributed by atoms with Crippen molar-refractivity contribution in [1.29, 1.82) is 0 Å². The molecule has 3 saturated heterocycles. The van der Waals surface area contributed by atoms with E-state index in [1.54, 1.807) is 0 Å². The molecule has 22 heavy (non-hydrogen) atoms. The van der Waals surface area contributed by atoms with Crippen molar-refractivity contribution in [3.05, 3.63) is 0 Å². The Morgan fingerprint density at radius 2 is 1.77 bits per heavy atom. The number of hydrogen-bond acceptors (Lipinski definition) is 5. The van der Waals surface area contributed by atoms with Crippen molar-refractivity contribution in [1.82, 2.24) is 4.90 Å². The van der Waals surface area contributed by atoms with Crippen LogP contribution in [0, 0.1) is 5.92 Å². The molecule has 0 unspecified atom stereocenters. The number of amides is 1. The van der Waals surface area contributed by atoms with E-state index in [1.807, 2.05) is 4.90 Å². The van der Waals surface area contributed by atoms with Gasteiger partial charge in [0, 0.05) is 25.6 Å². The Labute approximate surface area is 131 Å². The van der Waals surface area contributed by atoms with Crippen LogP contribution in [0.4, 0.5) is 0 Å². The largest absolute Gasteiger partial charge is 0.390 e. The van der Waals surface area contributed by atoms with Gasteiger partial charge in [-0.25, -0.2) is 8.42 Å². The minimum absolute atomic E-state index is 0.0787. The molecule has 126 valence electrons. The molecule has 0 aromatic rings. The Kier molecular flexibility index (Phi) is 4.49. The van der Waals surface area contributed by atoms with E-state index in [2.05, 4.69) is 0 Å². The van der Waals surface area contributed by atoms with Gasteiger partial charge in [0.05, 0.1) is 23.2 Å². The van der Waals surface area contributed by atoms with E-state index in [0.717, 1.165) is 12.8 Å². The Balaban J connectivity index is 1.56. The maximum Gasteiger partial charge on any atom is 0.225 e. The summed E-state index contributed by atoms with van der Waals surface area (Å²) >= 11 is 0. The van der Waals surface area contributed by atoms with Crippen LogP contribution in [0.1, 0.15) is 38.5 Å². The van der Waals surface area contributed by atoms with Gasteiger partial charge in [-0.1, -0.05) is 0 Å². The van der Waals surface area contributed by atoms with Crippen LogP contribution in [0.25, 0.3) is 0 Å². The second kappa shape index (κ2) is 6.09. The van der Waals surface area contributed by atoms with Crippen molar-refractivity contribution >= 4 is 15.7 Å². The summed E-state index contributed by atoms with van der Waals surface area (Å²) in [6, 6.07) is 0. The number of nitrogens with zero attached hydrogens (tertiary/aromatic N) is 1. The van der Waals surface area contributed by atoms with Crippen LogP contribution < -0.4 is 0 Å². The Morgan fingerprint density at radius 1 is 1.14 bits per heavy atom. The number of sulfone groups is 1. The molecule has 0 radical (unpaired) electrons. The predicted molar refractivity (Wildman–Crippen MR) is 81.1 cm³/mol. The molecule has 3 heterocycles. The molecule has 1 N–H and O–H groups in total. The topological polar surface area (TPSA) is 83.9 Å². The molecule has 3 aliphatic heterocycles. The maximum absolute atomic E-state index is 12.5. The number of piperidine rings is 1. The number of rotatable bonds is 1. The Bertz CT molecular complexity index is 510. The molecule has 6 nitrogen and oxygen atoms in total. The highest BCUT2D eigenvalue weighted by molar-refractivity contribution is 7.91. The third kappa shape index (κ3) is 3.16. The van der Waals surface area contributed by atoms with Crippen LogP contribution in [0.5, 0.6) is 0 Å². The fourth-order valence-corrected chi connectivity index (χ4v) is 5.38. The van der Waals surface area contributed by atoms with Crippen molar-refractivity contribution in [2.45, 2.75) is 50.2 Å². The summed E-state index contributed by atoms with van der Waals surface area (Å²) in [5, 5.41) is 10.2. The molecule has 1 atom stereocenters. The number of carbonyl (C=O) groups excluding carboxylic acids is 1. The highest BCUT2D eigenvalue weighted by atomic mass is 32.2. The molecule has 1 amide bonds. The molecule has 0 aliphatic carbocycles. The van der Waals surface area contributed by atoms with Gasteiger partial charge in [0.25, 0.3) is 0 Å². The van der Waals surface area contributed by atoms with Crippen LogP contribution in [0.15, 0.2) is 0 Å². The minimum Gasteiger partial charge on any atom is -0.390 e. The van der Waals surface area contributed by atoms with Crippen LogP contribution >= 0.6 is 0 Å². The van der Waals surface area contributed by atoms with Gasteiger partial charge in [-0.3, -0.25) is 4.79 Å². The van der Waals surface area contributed by atoms with Crippen molar-refractivity contribution in [2.75, 3.05) is 31.2 Å². The number of carbonyl (C=O) groups is 1. The zero-order valence-electron chi connectivity index (χ0n) is 12.9. The van der Waals surface area contributed by atoms with Crippen molar-refractivity contribution in [2.24, 2.45) is 5.92 Å². The van der Waals surface area contributed by atoms with Gasteiger partial charge >= 0.3 is 0 Å². The molecule has 7 heteroatoms. The number of aliphatic hydroxyl groups excluding tert-OH is 1. The lowest BCUT2D eigenvalue weighted by Gasteiger charge is -2.47. The van der Waals surface area contributed by atoms with Gasteiger partial charge in [-0.05, 0) is 38.5 Å². The van der Waals surface area contributed by atoms with E-state index in [0.29, 0.717) is 45.4 Å². The van der Waals surface area contributed by atoms with Gasteiger partial charge in [0.2, 0.25) is 5.91 Å². The SMILES string of the molecule is O=C(C1CCS(=O)(=O)CC1)N1CCC2(CC1)OCCC[C@@H]2O. The summed E-state index contributed by atoms with van der Waals surface area (Å²) in [6.45, 7) is 1.88. The van der Waals surface area contributed by atoms with Crippen molar-refractivity contribution in [3.63, 3.8) is 0 Å². The maximum atomic E-state index is 12.5. The van der Waals surface area contributed by atoms with E-state index >= 15 is 0 Å². The summed E-state index contributed by atoms with van der Waals surface area (Å²) in [5.41, 5.74) is -0.467. The monoisotopic (exact) mass is 331 g/mol. The summed E-state index contributed by atoms with van der Waals surface area (Å²) in [7, 11) is -2.93. The normalized spacial score (nSPS) is 32.0. The van der Waals surface area contributed by atoms with Gasteiger partial charge < -0.3 is 14.7 Å². The molecule has 0 bridgehead atoms. The average Bonchev–Trinajstić information content (AvgIpc) is 2.51. The van der Waals surface area contributed by atoms with E-state index in [-0.39, 0.29) is 23.3 Å². The molecule has 0 aromatic heterocycles. The van der Waals surface area contributed by atoms with Crippen LogP contribution in [-0.2, 0) is 19.4 Å². The third-order valence-electron chi connectivity index (χ3n) is 5.44. The average molecular weight is 331 g/mol. The van der Waals surface area contributed by atoms with Gasteiger partial charge in [-0.2, -0.15) is 0 Å². The number of hydrogen-bond donors (Lipinski definition) is 1. The lowest BCUT2D eigenvalue weighted by Crippen LogP contribution is -2.56. The van der Waals surface area contributed by atoms with Crippen LogP contribution in [0.2, 0.25) is 0 Å². The molecule has 3 rings (SSSR count). The molecule has 1 spiro atoms. The zero-order chi connectivity index (χ0) is 15.8. The molecular weight excluding hydrogens is 306 g/mol. The first kappa shape index (κ1) is 16.2. The first-order chi connectivity index (χ1) is 10.4. The second-order valence-electron chi connectivity index (χ2n) is 6.82. The van der Waals surface area contributed by atoms with Crippen molar-refractivity contribution < 1.29 is 23.1 Å². The standard InChI is InChI=1S/C15H25NO5S/c17-13-2-1-9-21-15(13)5-7-16(8-6-15)14(18)12-3-10-22(19,20)11-4-12/h12-13,17H,1-11H2/t13-/m0/s1. The van der Waals surface area contributed by atoms with E-state index in [4.69, 9.17) is 4.74 Å².